The summed E-state index contributed by atoms with van der Waals surface area (Å²) in [7, 11) is 0. The second kappa shape index (κ2) is 9.17. The average molecular weight is 457 g/mol. The van der Waals surface area contributed by atoms with Crippen molar-refractivity contribution in [2.24, 2.45) is 0 Å². The van der Waals surface area contributed by atoms with E-state index in [4.69, 9.17) is 12.2 Å². The van der Waals surface area contributed by atoms with Crippen LogP contribution in [0, 0.1) is 18.3 Å². The molecule has 1 aromatic heterocycles. The number of nitrogens with zero attached hydrogens (tertiary/aromatic N) is 4. The van der Waals surface area contributed by atoms with Crippen molar-refractivity contribution in [2.45, 2.75) is 71.4 Å². The molecule has 1 aliphatic carbocycles. The molecular formula is C23H28N4O2S2. The first-order chi connectivity index (χ1) is 15.0. The zero-order chi connectivity index (χ0) is 22.1. The van der Waals surface area contributed by atoms with E-state index in [0.717, 1.165) is 63.0 Å². The summed E-state index contributed by atoms with van der Waals surface area (Å²) in [5.74, 6) is 0.786. The minimum Gasteiger partial charge on any atom is -0.357 e. The first-order valence-corrected chi connectivity index (χ1v) is 12.4. The summed E-state index contributed by atoms with van der Waals surface area (Å²) in [5, 5.41) is 9.69. The standard InChI is InChI=1S/C23H28N4O2S2/c1-3-26-20(25-11-7-4-8-12-25)17(15(2)18(14-24)21(26)28)13-19-22(29)27(23(30)31-19)16-9-5-6-10-16/h13,16H,3-12H2,1-2H3/b19-13-. The van der Waals surface area contributed by atoms with Gasteiger partial charge in [0.05, 0.1) is 4.91 Å². The smallest absolute Gasteiger partial charge is 0.270 e. The lowest BCUT2D eigenvalue weighted by Gasteiger charge is -2.33. The molecule has 2 saturated heterocycles. The number of pyridine rings is 1. The molecule has 1 amide bonds. The number of thioether (sulfide) groups is 1. The number of piperidine rings is 1. The maximum Gasteiger partial charge on any atom is 0.270 e. The molecule has 1 saturated carbocycles. The van der Waals surface area contributed by atoms with Gasteiger partial charge in [0.25, 0.3) is 11.5 Å². The number of hydrogen-bond donors (Lipinski definition) is 0. The lowest BCUT2D eigenvalue weighted by molar-refractivity contribution is -0.123. The van der Waals surface area contributed by atoms with Crippen LogP contribution < -0.4 is 10.5 Å². The number of anilines is 1. The van der Waals surface area contributed by atoms with Crippen LogP contribution in [0.4, 0.5) is 5.82 Å². The molecule has 2 aliphatic heterocycles. The minimum absolute atomic E-state index is 0.0429. The van der Waals surface area contributed by atoms with Gasteiger partial charge < -0.3 is 4.90 Å². The highest BCUT2D eigenvalue weighted by Crippen LogP contribution is 2.39. The van der Waals surface area contributed by atoms with Crippen LogP contribution in [-0.4, -0.2) is 38.8 Å². The van der Waals surface area contributed by atoms with Crippen LogP contribution in [-0.2, 0) is 11.3 Å². The van der Waals surface area contributed by atoms with E-state index >= 15 is 0 Å². The fourth-order valence-electron chi connectivity index (χ4n) is 4.97. The van der Waals surface area contributed by atoms with E-state index in [1.165, 1.54) is 18.2 Å². The molecule has 1 aromatic rings. The summed E-state index contributed by atoms with van der Waals surface area (Å²) >= 11 is 6.90. The van der Waals surface area contributed by atoms with Crippen molar-refractivity contribution in [1.82, 2.24) is 9.47 Å². The Labute approximate surface area is 192 Å². The van der Waals surface area contributed by atoms with Gasteiger partial charge in [-0.2, -0.15) is 5.26 Å². The predicted molar refractivity (Wildman–Crippen MR) is 129 cm³/mol. The van der Waals surface area contributed by atoms with Crippen LogP contribution in [0.15, 0.2) is 9.70 Å². The van der Waals surface area contributed by atoms with E-state index < -0.39 is 0 Å². The summed E-state index contributed by atoms with van der Waals surface area (Å²) < 4.78 is 2.31. The third-order valence-electron chi connectivity index (χ3n) is 6.61. The Bertz CT molecular complexity index is 1040. The summed E-state index contributed by atoms with van der Waals surface area (Å²) in [6, 6.07) is 2.29. The molecule has 8 heteroatoms. The second-order valence-electron chi connectivity index (χ2n) is 8.44. The van der Waals surface area contributed by atoms with E-state index in [1.807, 2.05) is 19.9 Å². The quantitative estimate of drug-likeness (QED) is 0.500. The molecule has 0 N–H and O–H groups in total. The van der Waals surface area contributed by atoms with Crippen LogP contribution in [0.3, 0.4) is 0 Å². The van der Waals surface area contributed by atoms with E-state index in [1.54, 1.807) is 9.47 Å². The van der Waals surface area contributed by atoms with Crippen molar-refractivity contribution in [3.8, 4) is 6.07 Å². The third-order valence-corrected chi connectivity index (χ3v) is 7.94. The minimum atomic E-state index is -0.251. The number of carbonyl (C=O) groups is 1. The second-order valence-corrected chi connectivity index (χ2v) is 10.1. The van der Waals surface area contributed by atoms with E-state index in [-0.39, 0.29) is 23.1 Å². The molecule has 3 aliphatic rings. The molecule has 0 atom stereocenters. The van der Waals surface area contributed by atoms with Crippen molar-refractivity contribution >= 4 is 46.1 Å². The van der Waals surface area contributed by atoms with Gasteiger partial charge in [0.15, 0.2) is 0 Å². The SMILES string of the molecule is CCn1c(N2CCCCC2)c(/C=C2\SC(=S)N(C3CCCC3)C2=O)c(C)c(C#N)c1=O. The number of thiocarbonyl (C=S) groups is 1. The number of nitriles is 1. The molecule has 6 nitrogen and oxygen atoms in total. The summed E-state index contributed by atoms with van der Waals surface area (Å²) in [5.41, 5.74) is 1.34. The van der Waals surface area contributed by atoms with Gasteiger partial charge in [0.2, 0.25) is 0 Å². The van der Waals surface area contributed by atoms with Crippen LogP contribution in [0.2, 0.25) is 0 Å². The third kappa shape index (κ3) is 3.94. The number of hydrogen-bond acceptors (Lipinski definition) is 6. The Hall–Kier alpha value is -2.11. The van der Waals surface area contributed by atoms with Gasteiger partial charge in [-0.1, -0.05) is 36.8 Å². The molecule has 0 aromatic carbocycles. The fourth-order valence-corrected chi connectivity index (χ4v) is 6.35. The topological polar surface area (TPSA) is 69.3 Å². The summed E-state index contributed by atoms with van der Waals surface area (Å²) in [6.45, 7) is 5.96. The number of amides is 1. The lowest BCUT2D eigenvalue weighted by atomic mass is 10.0. The number of carbonyl (C=O) groups excluding carboxylic acids is 1. The predicted octanol–water partition coefficient (Wildman–Crippen LogP) is 4.18. The normalized spacial score (nSPS) is 21.4. The van der Waals surface area contributed by atoms with Gasteiger partial charge in [-0.3, -0.25) is 19.1 Å². The van der Waals surface area contributed by atoms with Gasteiger partial charge in [0.1, 0.15) is 21.8 Å². The van der Waals surface area contributed by atoms with Crippen molar-refractivity contribution in [3.05, 3.63) is 31.9 Å². The Kier molecular flexibility index (Phi) is 6.54. The lowest BCUT2D eigenvalue weighted by Crippen LogP contribution is -2.37. The first-order valence-electron chi connectivity index (χ1n) is 11.2. The Balaban J connectivity index is 1.85. The maximum absolute atomic E-state index is 13.3. The van der Waals surface area contributed by atoms with Crippen LogP contribution in [0.25, 0.3) is 6.08 Å². The molecule has 3 fully saturated rings. The zero-order valence-corrected chi connectivity index (χ0v) is 19.8. The molecule has 0 radical (unpaired) electrons. The molecule has 0 bridgehead atoms. The van der Waals surface area contributed by atoms with E-state index in [9.17, 15) is 14.9 Å². The van der Waals surface area contributed by atoms with Crippen LogP contribution in [0.1, 0.15) is 68.6 Å². The first kappa shape index (κ1) is 22.1. The Morgan fingerprint density at radius 3 is 2.45 bits per heavy atom. The summed E-state index contributed by atoms with van der Waals surface area (Å²) in [6.07, 6.45) is 9.45. The highest BCUT2D eigenvalue weighted by atomic mass is 32.2. The molecule has 0 unspecified atom stereocenters. The van der Waals surface area contributed by atoms with Gasteiger partial charge >= 0.3 is 0 Å². The molecule has 0 spiro atoms. The Morgan fingerprint density at radius 1 is 1.16 bits per heavy atom. The van der Waals surface area contributed by atoms with Crippen molar-refractivity contribution < 1.29 is 4.79 Å². The van der Waals surface area contributed by atoms with E-state index in [2.05, 4.69) is 11.0 Å². The van der Waals surface area contributed by atoms with Crippen molar-refractivity contribution in [3.63, 3.8) is 0 Å². The molecule has 4 rings (SSSR count). The van der Waals surface area contributed by atoms with Gasteiger partial charge in [-0.15, -0.1) is 0 Å². The summed E-state index contributed by atoms with van der Waals surface area (Å²) in [4.78, 5) is 30.9. The zero-order valence-electron chi connectivity index (χ0n) is 18.1. The van der Waals surface area contributed by atoms with Crippen molar-refractivity contribution in [2.75, 3.05) is 18.0 Å². The number of rotatable bonds is 4. The highest BCUT2D eigenvalue weighted by molar-refractivity contribution is 8.26. The molecule has 31 heavy (non-hydrogen) atoms. The Morgan fingerprint density at radius 2 is 1.84 bits per heavy atom. The average Bonchev–Trinajstić information content (AvgIpc) is 3.38. The van der Waals surface area contributed by atoms with Crippen LogP contribution >= 0.6 is 24.0 Å². The van der Waals surface area contributed by atoms with Gasteiger partial charge in [-0.05, 0) is 57.6 Å². The largest absolute Gasteiger partial charge is 0.357 e. The molecular weight excluding hydrogens is 428 g/mol. The van der Waals surface area contributed by atoms with Gasteiger partial charge in [0, 0.05) is 31.2 Å². The molecule has 3 heterocycles. The fraction of sp³-hybridized carbons (Fsp3) is 0.565. The number of aromatic nitrogens is 1. The maximum atomic E-state index is 13.3. The van der Waals surface area contributed by atoms with Gasteiger partial charge in [-0.25, -0.2) is 0 Å². The van der Waals surface area contributed by atoms with Crippen molar-refractivity contribution in [1.29, 1.82) is 5.26 Å². The van der Waals surface area contributed by atoms with Crippen LogP contribution in [0.5, 0.6) is 0 Å². The highest BCUT2D eigenvalue weighted by Gasteiger charge is 2.38. The molecule has 164 valence electrons. The van der Waals surface area contributed by atoms with E-state index in [0.29, 0.717) is 21.3 Å². The monoisotopic (exact) mass is 456 g/mol.